The van der Waals surface area contributed by atoms with Gasteiger partial charge in [0.15, 0.2) is 0 Å². The van der Waals surface area contributed by atoms with Crippen LogP contribution in [0.15, 0.2) is 18.3 Å². The van der Waals surface area contributed by atoms with E-state index in [1.165, 1.54) is 6.20 Å². The molecule has 0 fully saturated rings. The zero-order valence-corrected chi connectivity index (χ0v) is 11.4. The van der Waals surface area contributed by atoms with Crippen LogP contribution < -0.4 is 10.6 Å². The quantitative estimate of drug-likeness (QED) is 0.673. The minimum atomic E-state index is -0.947. The third kappa shape index (κ3) is 4.28. The van der Waals surface area contributed by atoms with Crippen molar-refractivity contribution >= 4 is 17.7 Å². The summed E-state index contributed by atoms with van der Waals surface area (Å²) >= 11 is 0. The lowest BCUT2D eigenvalue weighted by Gasteiger charge is -2.18. The summed E-state index contributed by atoms with van der Waals surface area (Å²) < 4.78 is 0. The highest BCUT2D eigenvalue weighted by atomic mass is 16.4. The first-order valence-electron chi connectivity index (χ1n) is 6.12. The van der Waals surface area contributed by atoms with Crippen molar-refractivity contribution in [2.45, 2.75) is 19.9 Å². The summed E-state index contributed by atoms with van der Waals surface area (Å²) in [6.45, 7) is 3.74. The van der Waals surface area contributed by atoms with Crippen LogP contribution in [0.25, 0.3) is 0 Å². The first-order valence-corrected chi connectivity index (χ1v) is 6.12. The Morgan fingerprint density at radius 3 is 2.60 bits per heavy atom. The van der Waals surface area contributed by atoms with Crippen molar-refractivity contribution in [1.29, 1.82) is 0 Å². The van der Waals surface area contributed by atoms with Crippen LogP contribution in [0.4, 0.5) is 5.82 Å². The minimum absolute atomic E-state index is 0.0899. The molecule has 0 radical (unpaired) electrons. The summed E-state index contributed by atoms with van der Waals surface area (Å²) in [6, 6.07) is 2.38. The van der Waals surface area contributed by atoms with Crippen LogP contribution in [0.5, 0.6) is 0 Å². The first kappa shape index (κ1) is 15.5. The Morgan fingerprint density at radius 2 is 2.15 bits per heavy atom. The highest BCUT2D eigenvalue weighted by molar-refractivity contribution is 5.94. The second kappa shape index (κ2) is 7.14. The average Bonchev–Trinajstić information content (AvgIpc) is 2.42. The smallest absolute Gasteiger partial charge is 0.326 e. The van der Waals surface area contributed by atoms with Crippen molar-refractivity contribution in [2.24, 2.45) is 5.92 Å². The van der Waals surface area contributed by atoms with E-state index in [0.717, 1.165) is 0 Å². The van der Waals surface area contributed by atoms with Crippen LogP contribution in [-0.4, -0.2) is 34.6 Å². The molecule has 6 nitrogen and oxygen atoms in total. The summed E-state index contributed by atoms with van der Waals surface area (Å²) in [5, 5.41) is 14.4. The lowest BCUT2D eigenvalue weighted by atomic mass is 10.1. The fourth-order valence-electron chi connectivity index (χ4n) is 1.52. The molecular formula is C14H17N3O3. The second-order valence-corrected chi connectivity index (χ2v) is 4.52. The van der Waals surface area contributed by atoms with Crippen molar-refractivity contribution in [1.82, 2.24) is 10.3 Å². The number of nitrogens with one attached hydrogen (secondary N) is 2. The number of carboxylic acids is 1. The van der Waals surface area contributed by atoms with Gasteiger partial charge < -0.3 is 15.7 Å². The number of nitrogens with zero attached hydrogens (tertiary/aromatic N) is 1. The fourth-order valence-corrected chi connectivity index (χ4v) is 1.52. The van der Waals surface area contributed by atoms with Crippen LogP contribution in [0.1, 0.15) is 24.2 Å². The lowest BCUT2D eigenvalue weighted by molar-refractivity contribution is -0.138. The topological polar surface area (TPSA) is 91.3 Å². The van der Waals surface area contributed by atoms with Gasteiger partial charge in [-0.1, -0.05) is 19.8 Å². The number of carbonyl (C=O) groups is 2. The summed E-state index contributed by atoms with van der Waals surface area (Å²) in [5.74, 6) is 1.35. The van der Waals surface area contributed by atoms with E-state index in [0.29, 0.717) is 11.4 Å². The minimum Gasteiger partial charge on any atom is -0.480 e. The maximum absolute atomic E-state index is 11.6. The predicted octanol–water partition coefficient (Wildman–Crippen LogP) is 0.966. The number of aliphatic carboxylic acids is 1. The monoisotopic (exact) mass is 275 g/mol. The van der Waals surface area contributed by atoms with Crippen LogP contribution in [0, 0.1) is 18.3 Å². The molecule has 1 heterocycles. The Morgan fingerprint density at radius 1 is 1.45 bits per heavy atom. The number of amides is 1. The van der Waals surface area contributed by atoms with Gasteiger partial charge in [-0.2, -0.15) is 0 Å². The molecule has 0 spiro atoms. The average molecular weight is 275 g/mol. The fraction of sp³-hybridized carbons (Fsp3) is 0.357. The van der Waals surface area contributed by atoms with Gasteiger partial charge in [0.05, 0.1) is 12.1 Å². The van der Waals surface area contributed by atoms with Gasteiger partial charge in [-0.3, -0.25) is 4.79 Å². The third-order valence-corrected chi connectivity index (χ3v) is 2.61. The molecule has 106 valence electrons. The Hall–Kier alpha value is -2.55. The molecule has 0 saturated heterocycles. The highest BCUT2D eigenvalue weighted by Gasteiger charge is 2.21. The molecule has 0 aromatic carbocycles. The van der Waals surface area contributed by atoms with Crippen LogP contribution >= 0.6 is 0 Å². The van der Waals surface area contributed by atoms with Crippen LogP contribution in [-0.2, 0) is 4.79 Å². The Bertz CT molecular complexity index is 517. The molecule has 0 bridgehead atoms. The van der Waals surface area contributed by atoms with E-state index in [9.17, 15) is 9.59 Å². The van der Waals surface area contributed by atoms with Gasteiger partial charge in [0.2, 0.25) is 0 Å². The van der Waals surface area contributed by atoms with E-state index >= 15 is 0 Å². The van der Waals surface area contributed by atoms with E-state index in [1.807, 2.05) is 0 Å². The summed E-state index contributed by atoms with van der Waals surface area (Å²) in [4.78, 5) is 26.7. The number of carbonyl (C=O) groups excluding carboxylic acids is 1. The number of pyridine rings is 1. The van der Waals surface area contributed by atoms with Gasteiger partial charge in [0.25, 0.3) is 5.91 Å². The van der Waals surface area contributed by atoms with Gasteiger partial charge >= 0.3 is 5.97 Å². The molecule has 3 N–H and O–H groups in total. The molecular weight excluding hydrogens is 258 g/mol. The van der Waals surface area contributed by atoms with Crippen molar-refractivity contribution < 1.29 is 14.7 Å². The Labute approximate surface area is 117 Å². The maximum Gasteiger partial charge on any atom is 0.326 e. The van der Waals surface area contributed by atoms with Crippen LogP contribution in [0.3, 0.4) is 0 Å². The van der Waals surface area contributed by atoms with Crippen molar-refractivity contribution in [3.05, 3.63) is 23.9 Å². The molecule has 0 aliphatic heterocycles. The number of carboxylic acid groups (broad SMARTS) is 1. The molecule has 0 saturated carbocycles. The number of terminal acetylenes is 1. The maximum atomic E-state index is 11.6. The van der Waals surface area contributed by atoms with E-state index in [1.54, 1.807) is 26.0 Å². The predicted molar refractivity (Wildman–Crippen MR) is 75.3 cm³/mol. The zero-order valence-electron chi connectivity index (χ0n) is 11.4. The number of anilines is 1. The Kier molecular flexibility index (Phi) is 5.54. The second-order valence-electron chi connectivity index (χ2n) is 4.52. The number of hydrogen-bond donors (Lipinski definition) is 3. The van der Waals surface area contributed by atoms with Crippen molar-refractivity contribution in [3.63, 3.8) is 0 Å². The normalized spacial score (nSPS) is 11.5. The molecule has 1 aromatic heterocycles. The van der Waals surface area contributed by atoms with Crippen molar-refractivity contribution in [3.8, 4) is 12.3 Å². The van der Waals surface area contributed by atoms with E-state index in [-0.39, 0.29) is 18.4 Å². The number of hydrogen-bond acceptors (Lipinski definition) is 4. The zero-order chi connectivity index (χ0) is 15.1. The molecule has 20 heavy (non-hydrogen) atoms. The molecule has 1 amide bonds. The van der Waals surface area contributed by atoms with Gasteiger partial charge in [0.1, 0.15) is 11.9 Å². The summed E-state index contributed by atoms with van der Waals surface area (Å²) in [5.41, 5.74) is 0.363. The number of aromatic nitrogens is 1. The standard InChI is InChI=1S/C14H17N3O3/c1-4-7-15-13(18)10-5-6-11(16-8-10)17-12(9(2)3)14(19)20/h1,5-6,8-9,12H,7H2,2-3H3,(H,15,18)(H,16,17)(H,19,20)/t12-/m0/s1. The Balaban J connectivity index is 2.74. The van der Waals surface area contributed by atoms with Gasteiger partial charge in [-0.15, -0.1) is 6.42 Å². The number of rotatable bonds is 6. The molecule has 0 aliphatic carbocycles. The molecule has 1 rings (SSSR count). The largest absolute Gasteiger partial charge is 0.480 e. The summed E-state index contributed by atoms with van der Waals surface area (Å²) in [6.07, 6.45) is 6.41. The SMILES string of the molecule is C#CCNC(=O)c1ccc(N[C@H](C(=O)O)C(C)C)nc1. The molecule has 6 heteroatoms. The van der Waals surface area contributed by atoms with Crippen molar-refractivity contribution in [2.75, 3.05) is 11.9 Å². The summed E-state index contributed by atoms with van der Waals surface area (Å²) in [7, 11) is 0. The van der Waals surface area contributed by atoms with Crippen LogP contribution in [0.2, 0.25) is 0 Å². The van der Waals surface area contributed by atoms with E-state index < -0.39 is 12.0 Å². The van der Waals surface area contributed by atoms with Gasteiger partial charge in [-0.05, 0) is 18.1 Å². The lowest BCUT2D eigenvalue weighted by Crippen LogP contribution is -2.34. The van der Waals surface area contributed by atoms with Gasteiger partial charge in [-0.25, -0.2) is 9.78 Å². The van der Waals surface area contributed by atoms with Gasteiger partial charge in [0, 0.05) is 6.20 Å². The highest BCUT2D eigenvalue weighted by Crippen LogP contribution is 2.11. The third-order valence-electron chi connectivity index (χ3n) is 2.61. The molecule has 0 unspecified atom stereocenters. The molecule has 1 aromatic rings. The first-order chi connectivity index (χ1) is 9.45. The molecule has 1 atom stereocenters. The molecule has 0 aliphatic rings. The van der Waals surface area contributed by atoms with E-state index in [4.69, 9.17) is 11.5 Å². The van der Waals surface area contributed by atoms with E-state index in [2.05, 4.69) is 21.5 Å².